The third-order valence-corrected chi connectivity index (χ3v) is 4.99. The molecule has 0 radical (unpaired) electrons. The largest absolute Gasteiger partial charge is 0.463 e. The zero-order valence-electron chi connectivity index (χ0n) is 15.0. The number of hydrogen-bond acceptors (Lipinski definition) is 4. The number of rotatable bonds is 5. The van der Waals surface area contributed by atoms with E-state index in [1.165, 1.54) is 0 Å². The van der Waals surface area contributed by atoms with Crippen molar-refractivity contribution in [3.8, 4) is 0 Å². The molecule has 2 unspecified atom stereocenters. The second-order valence-electron chi connectivity index (χ2n) is 6.82. The molecular weight excluding hydrogens is 354 g/mol. The van der Waals surface area contributed by atoms with E-state index in [2.05, 4.69) is 22.5 Å². The molecular formula is C19H24ClN3O3. The highest BCUT2D eigenvalue weighted by molar-refractivity contribution is 6.30. The Morgan fingerprint density at radius 3 is 2.69 bits per heavy atom. The van der Waals surface area contributed by atoms with Crippen molar-refractivity contribution in [2.45, 2.75) is 26.3 Å². The number of urea groups is 1. The van der Waals surface area contributed by atoms with Crippen molar-refractivity contribution in [3.05, 3.63) is 46.1 Å². The van der Waals surface area contributed by atoms with Crippen molar-refractivity contribution in [2.24, 2.45) is 5.92 Å². The van der Waals surface area contributed by atoms with Crippen molar-refractivity contribution in [1.29, 1.82) is 0 Å². The lowest BCUT2D eigenvalue weighted by Gasteiger charge is -2.31. The molecule has 3 rings (SSSR count). The van der Waals surface area contributed by atoms with Crippen LogP contribution in [0.4, 0.5) is 4.79 Å². The van der Waals surface area contributed by atoms with Gasteiger partial charge in [-0.3, -0.25) is 4.90 Å². The van der Waals surface area contributed by atoms with Gasteiger partial charge in [-0.2, -0.15) is 0 Å². The molecule has 0 spiro atoms. The highest BCUT2D eigenvalue weighted by Gasteiger charge is 2.34. The first-order valence-corrected chi connectivity index (χ1v) is 9.31. The van der Waals surface area contributed by atoms with Crippen molar-refractivity contribution in [2.75, 3.05) is 26.2 Å². The quantitative estimate of drug-likeness (QED) is 0.774. The normalized spacial score (nSPS) is 23.6. The summed E-state index contributed by atoms with van der Waals surface area (Å²) in [5.74, 6) is 0.202. The van der Waals surface area contributed by atoms with Gasteiger partial charge in [0.15, 0.2) is 0 Å². The topological polar surface area (TPSA) is 70.7 Å². The van der Waals surface area contributed by atoms with Crippen molar-refractivity contribution >= 4 is 23.6 Å². The van der Waals surface area contributed by atoms with Crippen LogP contribution in [0.1, 0.15) is 31.9 Å². The molecule has 0 saturated carbocycles. The van der Waals surface area contributed by atoms with Crippen LogP contribution in [-0.4, -0.2) is 43.1 Å². The summed E-state index contributed by atoms with van der Waals surface area (Å²) in [6.07, 6.45) is 1.12. The minimum Gasteiger partial charge on any atom is -0.463 e. The molecule has 2 aliphatic rings. The Morgan fingerprint density at radius 2 is 2.08 bits per heavy atom. The van der Waals surface area contributed by atoms with Crippen LogP contribution < -0.4 is 10.6 Å². The summed E-state index contributed by atoms with van der Waals surface area (Å²) >= 11 is 5.97. The van der Waals surface area contributed by atoms with E-state index >= 15 is 0 Å². The minimum absolute atomic E-state index is 0.275. The summed E-state index contributed by atoms with van der Waals surface area (Å²) in [6, 6.07) is 6.24. The standard InChI is InChI=1S/C19H24ClN3O3/c1-3-26-18(24)16-15(11-23-9-8-12(2)10-23)21-19(25)22-17(16)13-4-6-14(20)7-5-13/h4-7,12,17H,3,8-11H2,1-2H3,(H2,21,22,25). The molecule has 140 valence electrons. The number of carbonyl (C=O) groups excluding carboxylic acids is 2. The van der Waals surface area contributed by atoms with Crippen molar-refractivity contribution < 1.29 is 14.3 Å². The van der Waals surface area contributed by atoms with Crippen molar-refractivity contribution in [3.63, 3.8) is 0 Å². The van der Waals surface area contributed by atoms with E-state index < -0.39 is 12.0 Å². The van der Waals surface area contributed by atoms with Crippen molar-refractivity contribution in [1.82, 2.24) is 15.5 Å². The van der Waals surface area contributed by atoms with Gasteiger partial charge < -0.3 is 15.4 Å². The van der Waals surface area contributed by atoms with E-state index in [-0.39, 0.29) is 12.6 Å². The van der Waals surface area contributed by atoms with Crippen LogP contribution in [0.5, 0.6) is 0 Å². The smallest absolute Gasteiger partial charge is 0.338 e. The predicted octanol–water partition coefficient (Wildman–Crippen LogP) is 2.85. The first-order chi connectivity index (χ1) is 12.5. The number of nitrogens with one attached hydrogen (secondary N) is 2. The molecule has 1 aromatic rings. The zero-order valence-corrected chi connectivity index (χ0v) is 15.8. The van der Waals surface area contributed by atoms with Gasteiger partial charge in [-0.25, -0.2) is 9.59 Å². The van der Waals surface area contributed by atoms with E-state index in [1.807, 2.05) is 12.1 Å². The summed E-state index contributed by atoms with van der Waals surface area (Å²) in [4.78, 5) is 27.2. The third kappa shape index (κ3) is 4.19. The molecule has 2 atom stereocenters. The van der Waals surface area contributed by atoms with Crippen LogP contribution >= 0.6 is 11.6 Å². The first-order valence-electron chi connectivity index (χ1n) is 8.93. The maximum absolute atomic E-state index is 12.7. The first kappa shape index (κ1) is 18.7. The maximum Gasteiger partial charge on any atom is 0.338 e. The molecule has 2 aliphatic heterocycles. The van der Waals surface area contributed by atoms with Crippen LogP contribution in [0.2, 0.25) is 5.02 Å². The highest BCUT2D eigenvalue weighted by Crippen LogP contribution is 2.29. The second kappa shape index (κ2) is 8.10. The highest BCUT2D eigenvalue weighted by atomic mass is 35.5. The fraction of sp³-hybridized carbons (Fsp3) is 0.474. The summed E-state index contributed by atoms with van der Waals surface area (Å²) in [5.41, 5.74) is 1.86. The Morgan fingerprint density at radius 1 is 1.35 bits per heavy atom. The second-order valence-corrected chi connectivity index (χ2v) is 7.26. The molecule has 7 heteroatoms. The van der Waals surface area contributed by atoms with Gasteiger partial charge in [0.25, 0.3) is 0 Å². The van der Waals surface area contributed by atoms with Gasteiger partial charge in [0.05, 0.1) is 18.2 Å². The van der Waals surface area contributed by atoms with E-state index in [0.717, 1.165) is 25.1 Å². The number of amides is 2. The molecule has 2 heterocycles. The summed E-state index contributed by atoms with van der Waals surface area (Å²) < 4.78 is 5.28. The average molecular weight is 378 g/mol. The van der Waals surface area contributed by atoms with Gasteiger partial charge >= 0.3 is 12.0 Å². The Labute approximate surface area is 158 Å². The summed E-state index contributed by atoms with van der Waals surface area (Å²) in [5, 5.41) is 6.25. The van der Waals surface area contributed by atoms with Gasteiger partial charge in [-0.05, 0) is 43.5 Å². The Kier molecular flexibility index (Phi) is 5.84. The van der Waals surface area contributed by atoms with Gasteiger partial charge in [0, 0.05) is 23.8 Å². The predicted molar refractivity (Wildman–Crippen MR) is 99.7 cm³/mol. The van der Waals surface area contributed by atoms with Gasteiger partial charge in [-0.15, -0.1) is 0 Å². The number of halogens is 1. The van der Waals surface area contributed by atoms with Crippen LogP contribution in [0.3, 0.4) is 0 Å². The molecule has 6 nitrogen and oxygen atoms in total. The lowest BCUT2D eigenvalue weighted by molar-refractivity contribution is -0.139. The molecule has 1 aromatic carbocycles. The molecule has 1 fully saturated rings. The lowest BCUT2D eigenvalue weighted by atomic mass is 9.95. The third-order valence-electron chi connectivity index (χ3n) is 4.74. The van der Waals surface area contributed by atoms with Crippen LogP contribution in [0.15, 0.2) is 35.5 Å². The maximum atomic E-state index is 12.7. The average Bonchev–Trinajstić information content (AvgIpc) is 3.00. The molecule has 0 aliphatic carbocycles. The number of carbonyl (C=O) groups is 2. The lowest BCUT2D eigenvalue weighted by Crippen LogP contribution is -2.48. The number of nitrogens with zero attached hydrogens (tertiary/aromatic N) is 1. The summed E-state index contributed by atoms with van der Waals surface area (Å²) in [7, 11) is 0. The fourth-order valence-electron chi connectivity index (χ4n) is 3.49. The summed E-state index contributed by atoms with van der Waals surface area (Å²) in [6.45, 7) is 6.68. The Balaban J connectivity index is 1.97. The number of benzene rings is 1. The number of ether oxygens (including phenoxy) is 1. The number of esters is 1. The molecule has 2 N–H and O–H groups in total. The molecule has 26 heavy (non-hydrogen) atoms. The number of likely N-dealkylation sites (tertiary alicyclic amines) is 1. The molecule has 2 amide bonds. The minimum atomic E-state index is -0.560. The van der Waals surface area contributed by atoms with E-state index in [9.17, 15) is 9.59 Å². The van der Waals surface area contributed by atoms with Gasteiger partial charge in [0.2, 0.25) is 0 Å². The zero-order chi connectivity index (χ0) is 18.7. The number of hydrogen-bond donors (Lipinski definition) is 2. The SMILES string of the molecule is CCOC(=O)C1=C(CN2CCC(C)C2)NC(=O)NC1c1ccc(Cl)cc1. The molecule has 0 aromatic heterocycles. The fourth-order valence-corrected chi connectivity index (χ4v) is 3.62. The van der Waals surface area contributed by atoms with E-state index in [1.54, 1.807) is 19.1 Å². The molecule has 0 bridgehead atoms. The van der Waals surface area contributed by atoms with Crippen LogP contribution in [0, 0.1) is 5.92 Å². The van der Waals surface area contributed by atoms with Crippen LogP contribution in [-0.2, 0) is 9.53 Å². The molecule has 1 saturated heterocycles. The van der Waals surface area contributed by atoms with E-state index in [4.69, 9.17) is 16.3 Å². The van der Waals surface area contributed by atoms with Gasteiger partial charge in [-0.1, -0.05) is 30.7 Å². The van der Waals surface area contributed by atoms with E-state index in [0.29, 0.717) is 28.8 Å². The Bertz CT molecular complexity index is 717. The Hall–Kier alpha value is -2.05. The van der Waals surface area contributed by atoms with Gasteiger partial charge in [0.1, 0.15) is 0 Å². The van der Waals surface area contributed by atoms with Crippen LogP contribution in [0.25, 0.3) is 0 Å². The monoisotopic (exact) mass is 377 g/mol.